The Balaban J connectivity index is 1.57. The number of sulfonamides is 1. The summed E-state index contributed by atoms with van der Waals surface area (Å²) in [6, 6.07) is 12.1. The Hall–Kier alpha value is -2.79. The summed E-state index contributed by atoms with van der Waals surface area (Å²) >= 11 is 0. The maximum Gasteiger partial charge on any atom is 0.573 e. The topological polar surface area (TPSA) is 79.0 Å². The molecule has 3 rings (SSSR count). The van der Waals surface area contributed by atoms with Gasteiger partial charge < -0.3 is 15.0 Å². The van der Waals surface area contributed by atoms with Crippen molar-refractivity contribution in [1.82, 2.24) is 9.62 Å². The minimum absolute atomic E-state index is 0.0981. The molecule has 0 radical (unpaired) electrons. The molecule has 0 spiro atoms. The first-order valence-electron chi connectivity index (χ1n) is 10.4. The average molecular weight is 486 g/mol. The molecule has 7 nitrogen and oxygen atoms in total. The van der Waals surface area contributed by atoms with Gasteiger partial charge >= 0.3 is 6.36 Å². The predicted octanol–water partition coefficient (Wildman–Crippen LogP) is 3.37. The molecule has 1 saturated heterocycles. The van der Waals surface area contributed by atoms with Crippen molar-refractivity contribution in [3.8, 4) is 5.75 Å². The number of ether oxygens (including phenoxy) is 1. The van der Waals surface area contributed by atoms with Crippen molar-refractivity contribution in [3.63, 3.8) is 0 Å². The van der Waals surface area contributed by atoms with Crippen LogP contribution in [0.2, 0.25) is 0 Å². The van der Waals surface area contributed by atoms with Crippen LogP contribution in [-0.4, -0.2) is 52.2 Å². The highest BCUT2D eigenvalue weighted by molar-refractivity contribution is 7.89. The number of piperidine rings is 1. The van der Waals surface area contributed by atoms with Gasteiger partial charge in [0.25, 0.3) is 0 Å². The SMILES string of the molecule is CN(C)c1cccc(CNC(=O)C2CCN(S(=O)(=O)c3cccc(OC(F)(F)F)c3)CC2)c1. The Morgan fingerprint density at radius 2 is 1.79 bits per heavy atom. The third kappa shape index (κ3) is 6.61. The molecule has 0 saturated carbocycles. The van der Waals surface area contributed by atoms with Gasteiger partial charge in [-0.3, -0.25) is 4.79 Å². The van der Waals surface area contributed by atoms with Crippen molar-refractivity contribution < 1.29 is 31.1 Å². The van der Waals surface area contributed by atoms with Crippen LogP contribution in [0.1, 0.15) is 18.4 Å². The molecule has 1 aliphatic rings. The summed E-state index contributed by atoms with van der Waals surface area (Å²) in [6.07, 6.45) is -4.27. The number of hydrogen-bond acceptors (Lipinski definition) is 5. The molecule has 1 heterocycles. The van der Waals surface area contributed by atoms with E-state index in [0.29, 0.717) is 19.4 Å². The lowest BCUT2D eigenvalue weighted by molar-refractivity contribution is -0.274. The van der Waals surface area contributed by atoms with E-state index in [9.17, 15) is 26.4 Å². The molecule has 1 aliphatic heterocycles. The Bertz CT molecular complexity index is 1080. The first kappa shape index (κ1) is 24.8. The molecule has 11 heteroatoms. The van der Waals surface area contributed by atoms with Gasteiger partial charge in [-0.2, -0.15) is 4.31 Å². The number of carbonyl (C=O) groups excluding carboxylic acids is 1. The van der Waals surface area contributed by atoms with Gasteiger partial charge in [-0.1, -0.05) is 18.2 Å². The van der Waals surface area contributed by atoms with E-state index in [2.05, 4.69) is 10.1 Å². The lowest BCUT2D eigenvalue weighted by atomic mass is 9.97. The lowest BCUT2D eigenvalue weighted by Gasteiger charge is -2.30. The summed E-state index contributed by atoms with van der Waals surface area (Å²) in [6.45, 7) is 0.562. The van der Waals surface area contributed by atoms with E-state index in [-0.39, 0.29) is 29.8 Å². The highest BCUT2D eigenvalue weighted by Crippen LogP contribution is 2.28. The number of halogens is 3. The second-order valence-corrected chi connectivity index (χ2v) is 9.92. The Morgan fingerprint density at radius 1 is 1.12 bits per heavy atom. The van der Waals surface area contributed by atoms with Crippen molar-refractivity contribution in [2.75, 3.05) is 32.1 Å². The van der Waals surface area contributed by atoms with Crippen LogP contribution in [-0.2, 0) is 21.4 Å². The van der Waals surface area contributed by atoms with Crippen LogP contribution >= 0.6 is 0 Å². The normalized spacial score (nSPS) is 15.8. The van der Waals surface area contributed by atoms with E-state index >= 15 is 0 Å². The van der Waals surface area contributed by atoms with Crippen LogP contribution in [0.15, 0.2) is 53.4 Å². The van der Waals surface area contributed by atoms with Crippen molar-refractivity contribution in [2.45, 2.75) is 30.6 Å². The van der Waals surface area contributed by atoms with E-state index in [1.165, 1.54) is 16.4 Å². The second kappa shape index (κ2) is 10.0. The Labute approximate surface area is 191 Å². The lowest BCUT2D eigenvalue weighted by Crippen LogP contribution is -2.42. The van der Waals surface area contributed by atoms with Gasteiger partial charge in [0.1, 0.15) is 5.75 Å². The zero-order valence-electron chi connectivity index (χ0n) is 18.3. The Morgan fingerprint density at radius 3 is 2.42 bits per heavy atom. The number of alkyl halides is 3. The Kier molecular flexibility index (Phi) is 7.53. The largest absolute Gasteiger partial charge is 0.573 e. The number of carbonyl (C=O) groups is 1. The van der Waals surface area contributed by atoms with Gasteiger partial charge in [0.15, 0.2) is 0 Å². The number of benzene rings is 2. The minimum atomic E-state index is -4.91. The monoisotopic (exact) mass is 485 g/mol. The third-order valence-corrected chi connectivity index (χ3v) is 7.29. The predicted molar refractivity (Wildman–Crippen MR) is 117 cm³/mol. The van der Waals surface area contributed by atoms with Crippen LogP contribution in [0.25, 0.3) is 0 Å². The molecular weight excluding hydrogens is 459 g/mol. The van der Waals surface area contributed by atoms with Gasteiger partial charge in [0.2, 0.25) is 15.9 Å². The van der Waals surface area contributed by atoms with Gasteiger partial charge in [-0.15, -0.1) is 13.2 Å². The smallest absolute Gasteiger partial charge is 0.406 e. The molecule has 0 unspecified atom stereocenters. The molecule has 1 amide bonds. The number of nitrogens with zero attached hydrogens (tertiary/aromatic N) is 2. The molecule has 2 aromatic rings. The first-order valence-corrected chi connectivity index (χ1v) is 11.8. The first-order chi connectivity index (χ1) is 15.5. The van der Waals surface area contributed by atoms with Gasteiger partial charge in [0.05, 0.1) is 4.90 Å². The van der Waals surface area contributed by atoms with Crippen LogP contribution in [0.3, 0.4) is 0 Å². The fourth-order valence-corrected chi connectivity index (χ4v) is 5.12. The van der Waals surface area contributed by atoms with Crippen LogP contribution in [0.4, 0.5) is 18.9 Å². The molecular formula is C22H26F3N3O4S. The highest BCUT2D eigenvalue weighted by atomic mass is 32.2. The van der Waals surface area contributed by atoms with E-state index in [1.54, 1.807) is 0 Å². The number of nitrogens with one attached hydrogen (secondary N) is 1. The summed E-state index contributed by atoms with van der Waals surface area (Å²) in [5.41, 5.74) is 1.97. The zero-order chi connectivity index (χ0) is 24.2. The van der Waals surface area contributed by atoms with E-state index in [0.717, 1.165) is 23.4 Å². The summed E-state index contributed by atoms with van der Waals surface area (Å²) in [4.78, 5) is 14.3. The van der Waals surface area contributed by atoms with Gasteiger partial charge in [-0.25, -0.2) is 8.42 Å². The molecule has 0 aromatic heterocycles. The molecule has 180 valence electrons. The van der Waals surface area contributed by atoms with Crippen LogP contribution < -0.4 is 15.0 Å². The van der Waals surface area contributed by atoms with Gasteiger partial charge in [0, 0.05) is 51.4 Å². The van der Waals surface area contributed by atoms with Crippen molar-refractivity contribution in [3.05, 3.63) is 54.1 Å². The summed E-state index contributed by atoms with van der Waals surface area (Å²) < 4.78 is 68.1. The van der Waals surface area contributed by atoms with Crippen LogP contribution in [0, 0.1) is 5.92 Å². The summed E-state index contributed by atoms with van der Waals surface area (Å²) in [5.74, 6) is -1.09. The maximum absolute atomic E-state index is 12.9. The van der Waals surface area contributed by atoms with Crippen LogP contribution in [0.5, 0.6) is 5.75 Å². The second-order valence-electron chi connectivity index (χ2n) is 7.98. The molecule has 0 bridgehead atoms. The number of rotatable bonds is 7. The standard InChI is InChI=1S/C22H26F3N3O4S/c1-27(2)18-6-3-5-16(13-18)15-26-21(29)17-9-11-28(12-10-17)33(30,31)20-8-4-7-19(14-20)32-22(23,24)25/h3-8,13-14,17H,9-12,15H2,1-2H3,(H,26,29). The van der Waals surface area contributed by atoms with E-state index < -0.39 is 22.1 Å². The quantitative estimate of drug-likeness (QED) is 0.651. The number of anilines is 1. The number of hydrogen-bond donors (Lipinski definition) is 1. The van der Waals surface area contributed by atoms with Crippen molar-refractivity contribution >= 4 is 21.6 Å². The summed E-state index contributed by atoms with van der Waals surface area (Å²) in [7, 11) is -0.148. The zero-order valence-corrected chi connectivity index (χ0v) is 19.1. The summed E-state index contributed by atoms with van der Waals surface area (Å²) in [5, 5.41) is 2.90. The minimum Gasteiger partial charge on any atom is -0.406 e. The molecule has 1 fully saturated rings. The van der Waals surface area contributed by atoms with Crippen molar-refractivity contribution in [1.29, 1.82) is 0 Å². The third-order valence-electron chi connectivity index (χ3n) is 5.40. The molecule has 33 heavy (non-hydrogen) atoms. The van der Waals surface area contributed by atoms with E-state index in [1.807, 2.05) is 43.3 Å². The van der Waals surface area contributed by atoms with Crippen molar-refractivity contribution in [2.24, 2.45) is 5.92 Å². The molecule has 2 aromatic carbocycles. The van der Waals surface area contributed by atoms with E-state index in [4.69, 9.17) is 0 Å². The molecule has 1 N–H and O–H groups in total. The fourth-order valence-electron chi connectivity index (χ4n) is 3.62. The average Bonchev–Trinajstić information content (AvgIpc) is 2.76. The maximum atomic E-state index is 12.9. The molecule has 0 aliphatic carbocycles. The fraction of sp³-hybridized carbons (Fsp3) is 0.409. The highest BCUT2D eigenvalue weighted by Gasteiger charge is 2.34. The number of amides is 1. The molecule has 0 atom stereocenters. The van der Waals surface area contributed by atoms with Gasteiger partial charge in [-0.05, 0) is 42.7 Å².